The summed E-state index contributed by atoms with van der Waals surface area (Å²) < 4.78 is 5.15. The fourth-order valence-electron chi connectivity index (χ4n) is 3.09. The molecule has 0 aromatic heterocycles. The minimum atomic E-state index is -0.301. The molecule has 2 rings (SSSR count). The topological polar surface area (TPSA) is 58.7 Å². The molecule has 118 valence electrons. The van der Waals surface area contributed by atoms with Gasteiger partial charge in [-0.1, -0.05) is 12.1 Å². The standard InChI is InChI=1S/C17H28N2O2/c1-21-17-4-2-15(3-5-17)12-16(20)13-19-10-7-14(6-9-18)8-11-19/h2-5,14,16,20H,6-13,18H2,1H3/t16-/m0/s1. The number of ether oxygens (including phenoxy) is 1. The molecule has 1 aliphatic rings. The number of piperidine rings is 1. The van der Waals surface area contributed by atoms with Gasteiger partial charge < -0.3 is 20.5 Å². The Hall–Kier alpha value is -1.10. The summed E-state index contributed by atoms with van der Waals surface area (Å²) in [5.74, 6) is 1.64. The molecule has 21 heavy (non-hydrogen) atoms. The molecule has 0 bridgehead atoms. The third-order valence-electron chi connectivity index (χ3n) is 4.38. The number of β-amino-alcohol motifs (C(OH)–C–C–N with tert-alkyl or cyclic N) is 1. The lowest BCUT2D eigenvalue weighted by Gasteiger charge is -2.33. The maximum absolute atomic E-state index is 10.3. The molecule has 4 heteroatoms. The monoisotopic (exact) mass is 292 g/mol. The summed E-state index contributed by atoms with van der Waals surface area (Å²) in [4.78, 5) is 2.38. The zero-order valence-electron chi connectivity index (χ0n) is 13.0. The highest BCUT2D eigenvalue weighted by atomic mass is 16.5. The van der Waals surface area contributed by atoms with Crippen molar-refractivity contribution in [1.29, 1.82) is 0 Å². The lowest BCUT2D eigenvalue weighted by molar-refractivity contribution is 0.0885. The predicted octanol–water partition coefficient (Wildman–Crippen LogP) is 1.66. The van der Waals surface area contributed by atoms with Crippen LogP contribution in [0.3, 0.4) is 0 Å². The summed E-state index contributed by atoms with van der Waals surface area (Å²) in [6, 6.07) is 7.94. The third-order valence-corrected chi connectivity index (χ3v) is 4.38. The van der Waals surface area contributed by atoms with E-state index < -0.39 is 0 Å². The number of rotatable bonds is 7. The zero-order valence-corrected chi connectivity index (χ0v) is 13.0. The first-order valence-corrected chi connectivity index (χ1v) is 7.94. The Morgan fingerprint density at radius 3 is 2.52 bits per heavy atom. The maximum Gasteiger partial charge on any atom is 0.118 e. The molecule has 0 aliphatic carbocycles. The number of hydrogen-bond acceptors (Lipinski definition) is 4. The molecular formula is C17H28N2O2. The second-order valence-electron chi connectivity index (χ2n) is 6.03. The van der Waals surface area contributed by atoms with Gasteiger partial charge >= 0.3 is 0 Å². The summed E-state index contributed by atoms with van der Waals surface area (Å²) in [6.45, 7) is 3.74. The van der Waals surface area contributed by atoms with E-state index in [0.29, 0.717) is 6.42 Å². The van der Waals surface area contributed by atoms with Gasteiger partial charge in [-0.15, -0.1) is 0 Å². The van der Waals surface area contributed by atoms with E-state index in [9.17, 15) is 5.11 Å². The lowest BCUT2D eigenvalue weighted by atomic mass is 9.93. The molecule has 1 aromatic carbocycles. The van der Waals surface area contributed by atoms with E-state index in [2.05, 4.69) is 4.90 Å². The lowest BCUT2D eigenvalue weighted by Crippen LogP contribution is -2.39. The number of methoxy groups -OCH3 is 1. The van der Waals surface area contributed by atoms with Crippen LogP contribution in [0.15, 0.2) is 24.3 Å². The summed E-state index contributed by atoms with van der Waals surface area (Å²) in [5, 5.41) is 10.3. The fourth-order valence-corrected chi connectivity index (χ4v) is 3.09. The van der Waals surface area contributed by atoms with Gasteiger partial charge in [-0.25, -0.2) is 0 Å². The molecule has 1 aliphatic heterocycles. The number of likely N-dealkylation sites (tertiary alicyclic amines) is 1. The van der Waals surface area contributed by atoms with Gasteiger partial charge in [0.2, 0.25) is 0 Å². The van der Waals surface area contributed by atoms with E-state index >= 15 is 0 Å². The summed E-state index contributed by atoms with van der Waals surface area (Å²) in [6.07, 6.45) is 3.97. The van der Waals surface area contributed by atoms with Crippen molar-refractivity contribution in [2.45, 2.75) is 31.8 Å². The van der Waals surface area contributed by atoms with Crippen LogP contribution < -0.4 is 10.5 Å². The highest BCUT2D eigenvalue weighted by Gasteiger charge is 2.20. The quantitative estimate of drug-likeness (QED) is 0.802. The van der Waals surface area contributed by atoms with E-state index in [1.165, 1.54) is 12.8 Å². The first-order valence-electron chi connectivity index (χ1n) is 7.94. The van der Waals surface area contributed by atoms with Crippen molar-refractivity contribution < 1.29 is 9.84 Å². The Kier molecular flexibility index (Phi) is 6.49. The van der Waals surface area contributed by atoms with Crippen molar-refractivity contribution in [3.63, 3.8) is 0 Å². The maximum atomic E-state index is 10.3. The van der Waals surface area contributed by atoms with Crippen molar-refractivity contribution in [1.82, 2.24) is 4.90 Å². The molecule has 1 atom stereocenters. The van der Waals surface area contributed by atoms with Gasteiger partial charge in [0.05, 0.1) is 13.2 Å². The van der Waals surface area contributed by atoms with Crippen LogP contribution in [0.5, 0.6) is 5.75 Å². The number of hydrogen-bond donors (Lipinski definition) is 2. The van der Waals surface area contributed by atoms with Gasteiger partial charge in [-0.05, 0) is 68.9 Å². The smallest absolute Gasteiger partial charge is 0.118 e. The largest absolute Gasteiger partial charge is 0.497 e. The first-order chi connectivity index (χ1) is 10.2. The van der Waals surface area contributed by atoms with E-state index in [1.54, 1.807) is 7.11 Å². The van der Waals surface area contributed by atoms with E-state index in [1.807, 2.05) is 24.3 Å². The van der Waals surface area contributed by atoms with Crippen molar-refractivity contribution in [3.05, 3.63) is 29.8 Å². The molecule has 3 N–H and O–H groups in total. The minimum Gasteiger partial charge on any atom is -0.497 e. The van der Waals surface area contributed by atoms with Crippen LogP contribution in [0.4, 0.5) is 0 Å². The van der Waals surface area contributed by atoms with Crippen LogP contribution in [0, 0.1) is 5.92 Å². The Morgan fingerprint density at radius 1 is 1.29 bits per heavy atom. The molecule has 1 saturated heterocycles. The molecule has 1 fully saturated rings. The van der Waals surface area contributed by atoms with Crippen LogP contribution in [-0.2, 0) is 6.42 Å². The number of aliphatic hydroxyl groups excluding tert-OH is 1. The highest BCUT2D eigenvalue weighted by Crippen LogP contribution is 2.20. The van der Waals surface area contributed by atoms with Crippen molar-refractivity contribution in [2.24, 2.45) is 11.7 Å². The van der Waals surface area contributed by atoms with Crippen LogP contribution in [-0.4, -0.2) is 49.4 Å². The Morgan fingerprint density at radius 2 is 1.95 bits per heavy atom. The Balaban J connectivity index is 1.73. The molecule has 0 unspecified atom stereocenters. The van der Waals surface area contributed by atoms with Crippen LogP contribution in [0.1, 0.15) is 24.8 Å². The van der Waals surface area contributed by atoms with E-state index in [-0.39, 0.29) is 6.10 Å². The summed E-state index contributed by atoms with van der Waals surface area (Å²) in [5.41, 5.74) is 6.77. The van der Waals surface area contributed by atoms with E-state index in [0.717, 1.165) is 49.8 Å². The number of benzene rings is 1. The molecule has 0 spiro atoms. The van der Waals surface area contributed by atoms with Crippen LogP contribution >= 0.6 is 0 Å². The number of aliphatic hydroxyl groups is 1. The van der Waals surface area contributed by atoms with Crippen molar-refractivity contribution >= 4 is 0 Å². The first kappa shape index (κ1) is 16.3. The summed E-state index contributed by atoms with van der Waals surface area (Å²) in [7, 11) is 1.66. The predicted molar refractivity (Wildman–Crippen MR) is 85.5 cm³/mol. The van der Waals surface area contributed by atoms with Gasteiger partial charge in [0.25, 0.3) is 0 Å². The molecule has 1 aromatic rings. The van der Waals surface area contributed by atoms with Crippen LogP contribution in [0.2, 0.25) is 0 Å². The average molecular weight is 292 g/mol. The fraction of sp³-hybridized carbons (Fsp3) is 0.647. The van der Waals surface area contributed by atoms with Gasteiger partial charge in [0, 0.05) is 6.54 Å². The number of nitrogens with two attached hydrogens (primary N) is 1. The van der Waals surface area contributed by atoms with Crippen LogP contribution in [0.25, 0.3) is 0 Å². The zero-order chi connectivity index (χ0) is 15.1. The van der Waals surface area contributed by atoms with E-state index in [4.69, 9.17) is 10.5 Å². The number of nitrogens with zero attached hydrogens (tertiary/aromatic N) is 1. The second-order valence-corrected chi connectivity index (χ2v) is 6.03. The molecular weight excluding hydrogens is 264 g/mol. The average Bonchev–Trinajstić information content (AvgIpc) is 2.50. The van der Waals surface area contributed by atoms with Gasteiger partial charge in [-0.2, -0.15) is 0 Å². The third kappa shape index (κ3) is 5.30. The van der Waals surface area contributed by atoms with Gasteiger partial charge in [-0.3, -0.25) is 0 Å². The molecule has 1 heterocycles. The Bertz CT molecular complexity index is 400. The molecule has 0 amide bonds. The van der Waals surface area contributed by atoms with Gasteiger partial charge in [0.1, 0.15) is 5.75 Å². The highest BCUT2D eigenvalue weighted by molar-refractivity contribution is 5.27. The van der Waals surface area contributed by atoms with Crippen molar-refractivity contribution in [3.8, 4) is 5.75 Å². The molecule has 0 saturated carbocycles. The van der Waals surface area contributed by atoms with Crippen molar-refractivity contribution in [2.75, 3.05) is 33.3 Å². The molecule has 4 nitrogen and oxygen atoms in total. The minimum absolute atomic E-state index is 0.301. The van der Waals surface area contributed by atoms with Gasteiger partial charge in [0.15, 0.2) is 0 Å². The normalized spacial score (nSPS) is 18.6. The Labute approximate surface area is 127 Å². The second kappa shape index (κ2) is 8.37. The molecule has 0 radical (unpaired) electrons. The summed E-state index contributed by atoms with van der Waals surface area (Å²) >= 11 is 0. The SMILES string of the molecule is COc1ccc(C[C@H](O)CN2CCC(CCN)CC2)cc1.